The van der Waals surface area contributed by atoms with Gasteiger partial charge >= 0.3 is 12.1 Å². The molecule has 140 valence electrons. The zero-order valence-electron chi connectivity index (χ0n) is 14.1. The van der Waals surface area contributed by atoms with E-state index in [9.17, 15) is 18.0 Å². The first kappa shape index (κ1) is 22.7. The topological polar surface area (TPSA) is 54.0 Å². The Kier molecular flexibility index (Phi) is 11.5. The van der Waals surface area contributed by atoms with Crippen molar-refractivity contribution in [2.24, 2.45) is 5.41 Å². The lowest BCUT2D eigenvalue weighted by Gasteiger charge is -2.31. The molecule has 0 radical (unpaired) electrons. The third-order valence-electron chi connectivity index (χ3n) is 3.35. The van der Waals surface area contributed by atoms with Crippen molar-refractivity contribution < 1.29 is 36.9 Å². The molecule has 1 unspecified atom stereocenters. The number of halogens is 3. The first-order chi connectivity index (χ1) is 11.3. The minimum absolute atomic E-state index is 0.204. The summed E-state index contributed by atoms with van der Waals surface area (Å²) in [4.78, 5) is 10.5. The Labute approximate surface area is 140 Å². The van der Waals surface area contributed by atoms with Gasteiger partial charge < -0.3 is 18.9 Å². The molecule has 0 rings (SSSR count). The second-order valence-electron chi connectivity index (χ2n) is 5.38. The van der Waals surface area contributed by atoms with Crippen LogP contribution >= 0.6 is 0 Å². The van der Waals surface area contributed by atoms with Gasteiger partial charge in [0.2, 0.25) is 0 Å². The Morgan fingerprint density at radius 2 is 1.71 bits per heavy atom. The van der Waals surface area contributed by atoms with Gasteiger partial charge in [0, 0.05) is 19.1 Å². The van der Waals surface area contributed by atoms with Gasteiger partial charge in [-0.2, -0.15) is 13.2 Å². The molecule has 0 saturated heterocycles. The van der Waals surface area contributed by atoms with Crippen molar-refractivity contribution in [3.63, 3.8) is 0 Å². The average molecular weight is 354 g/mol. The van der Waals surface area contributed by atoms with E-state index in [-0.39, 0.29) is 18.6 Å². The highest BCUT2D eigenvalue weighted by Gasteiger charge is 2.40. The van der Waals surface area contributed by atoms with E-state index >= 15 is 0 Å². The molecule has 0 N–H and O–H groups in total. The van der Waals surface area contributed by atoms with Crippen molar-refractivity contribution in [3.8, 4) is 12.3 Å². The van der Waals surface area contributed by atoms with Gasteiger partial charge in [0.05, 0.1) is 26.4 Å². The smallest absolute Gasteiger partial charge is 0.459 e. The van der Waals surface area contributed by atoms with Crippen LogP contribution in [-0.4, -0.2) is 58.9 Å². The lowest BCUT2D eigenvalue weighted by atomic mass is 9.88. The summed E-state index contributed by atoms with van der Waals surface area (Å²) in [6.07, 6.45) is 1.72. The van der Waals surface area contributed by atoms with E-state index in [2.05, 4.69) is 10.7 Å². The van der Waals surface area contributed by atoms with Crippen LogP contribution in [0.15, 0.2) is 0 Å². The number of alkyl halides is 3. The summed E-state index contributed by atoms with van der Waals surface area (Å²) >= 11 is 0. The Balaban J connectivity index is 3.99. The highest BCUT2D eigenvalue weighted by atomic mass is 19.4. The fourth-order valence-corrected chi connectivity index (χ4v) is 1.91. The molecular formula is C16H25F3O5. The van der Waals surface area contributed by atoms with Gasteiger partial charge in [-0.15, -0.1) is 6.42 Å². The Bertz CT molecular complexity index is 392. The van der Waals surface area contributed by atoms with Crippen LogP contribution in [0.25, 0.3) is 0 Å². The number of unbranched alkanes of at least 4 members (excludes halogenated alkanes) is 1. The van der Waals surface area contributed by atoms with Crippen LogP contribution < -0.4 is 0 Å². The molecule has 5 nitrogen and oxygen atoms in total. The van der Waals surface area contributed by atoms with Gasteiger partial charge in [-0.3, -0.25) is 0 Å². The number of carbonyl (C=O) groups is 1. The maximum atomic E-state index is 11.9. The van der Waals surface area contributed by atoms with Crippen molar-refractivity contribution >= 4 is 5.97 Å². The summed E-state index contributed by atoms with van der Waals surface area (Å²) in [5.41, 5.74) is -0.325. The predicted molar refractivity (Wildman–Crippen MR) is 81.3 cm³/mol. The van der Waals surface area contributed by atoms with E-state index in [0.29, 0.717) is 39.3 Å². The largest absolute Gasteiger partial charge is 0.490 e. The van der Waals surface area contributed by atoms with Crippen molar-refractivity contribution in [1.29, 1.82) is 0 Å². The van der Waals surface area contributed by atoms with Gasteiger partial charge in [-0.1, -0.05) is 12.8 Å². The normalized spacial score (nSPS) is 14.0. The Morgan fingerprint density at radius 3 is 2.25 bits per heavy atom. The summed E-state index contributed by atoms with van der Waals surface area (Å²) in [7, 11) is 1.58. The molecule has 1 atom stereocenters. The van der Waals surface area contributed by atoms with Crippen LogP contribution in [0.3, 0.4) is 0 Å². The molecule has 0 aromatic heterocycles. The molecule has 0 aliphatic heterocycles. The summed E-state index contributed by atoms with van der Waals surface area (Å²) in [5.74, 6) is 0.224. The molecule has 0 aromatic carbocycles. The van der Waals surface area contributed by atoms with Crippen LogP contribution in [0.4, 0.5) is 13.2 Å². The first-order valence-corrected chi connectivity index (χ1v) is 7.63. The molecule has 0 saturated carbocycles. The van der Waals surface area contributed by atoms with Crippen LogP contribution in [0.1, 0.15) is 26.2 Å². The molecule has 0 aliphatic carbocycles. The van der Waals surface area contributed by atoms with E-state index in [1.807, 2.05) is 6.92 Å². The monoisotopic (exact) mass is 354 g/mol. The van der Waals surface area contributed by atoms with Crippen molar-refractivity contribution in [3.05, 3.63) is 0 Å². The molecule has 0 spiro atoms. The number of methoxy groups -OCH3 is 1. The van der Waals surface area contributed by atoms with Gasteiger partial charge in [-0.05, 0) is 19.3 Å². The second-order valence-corrected chi connectivity index (χ2v) is 5.38. The van der Waals surface area contributed by atoms with E-state index in [1.165, 1.54) is 0 Å². The van der Waals surface area contributed by atoms with E-state index in [4.69, 9.17) is 20.6 Å². The lowest BCUT2D eigenvalue weighted by molar-refractivity contribution is -0.199. The highest BCUT2D eigenvalue weighted by Crippen LogP contribution is 2.24. The Morgan fingerprint density at radius 1 is 1.08 bits per heavy atom. The van der Waals surface area contributed by atoms with Crippen LogP contribution in [-0.2, 0) is 23.7 Å². The molecule has 0 aromatic rings. The maximum Gasteiger partial charge on any atom is 0.490 e. The van der Waals surface area contributed by atoms with Crippen LogP contribution in [0.5, 0.6) is 0 Å². The number of hydrogen-bond donors (Lipinski definition) is 0. The highest BCUT2D eigenvalue weighted by molar-refractivity contribution is 5.75. The minimum atomic E-state index is -4.95. The number of carbonyl (C=O) groups excluding carboxylic acids is 1. The fourth-order valence-electron chi connectivity index (χ4n) is 1.91. The average Bonchev–Trinajstić information content (AvgIpc) is 2.52. The van der Waals surface area contributed by atoms with Gasteiger partial charge in [-0.25, -0.2) is 4.79 Å². The van der Waals surface area contributed by atoms with Gasteiger partial charge in [0.25, 0.3) is 0 Å². The van der Waals surface area contributed by atoms with Crippen molar-refractivity contribution in [2.45, 2.75) is 32.4 Å². The molecule has 0 amide bonds. The second kappa shape index (κ2) is 12.1. The number of hydrogen-bond acceptors (Lipinski definition) is 5. The van der Waals surface area contributed by atoms with Gasteiger partial charge in [0.15, 0.2) is 0 Å². The summed E-state index contributed by atoms with van der Waals surface area (Å²) in [6, 6.07) is 0. The molecule has 0 aliphatic rings. The van der Waals surface area contributed by atoms with Crippen molar-refractivity contribution in [1.82, 2.24) is 0 Å². The van der Waals surface area contributed by atoms with E-state index in [0.717, 1.165) is 6.42 Å². The zero-order chi connectivity index (χ0) is 18.5. The number of ether oxygens (including phenoxy) is 4. The SMILES string of the molecule is C#CCOCC(CC)(COC)COCCCCOC(=O)C(F)(F)F. The lowest BCUT2D eigenvalue weighted by Crippen LogP contribution is -2.36. The maximum absolute atomic E-state index is 11.9. The molecule has 0 fully saturated rings. The molecule has 8 heteroatoms. The number of terminal acetylenes is 1. The summed E-state index contributed by atoms with van der Waals surface area (Å²) < 4.78 is 56.0. The fraction of sp³-hybridized carbons (Fsp3) is 0.812. The molecule has 0 heterocycles. The summed E-state index contributed by atoms with van der Waals surface area (Å²) in [6.45, 7) is 3.45. The van der Waals surface area contributed by atoms with Crippen LogP contribution in [0.2, 0.25) is 0 Å². The summed E-state index contributed by atoms with van der Waals surface area (Å²) in [5, 5.41) is 0. The molecule has 0 bridgehead atoms. The standard InChI is InChI=1S/C16H25F3O5/c1-4-8-22-12-15(5-2,11-21-3)13-23-9-6-7-10-24-14(20)16(17,18)19/h1H,5-13H2,2-3H3. The first-order valence-electron chi connectivity index (χ1n) is 7.63. The molecule has 24 heavy (non-hydrogen) atoms. The van der Waals surface area contributed by atoms with Crippen molar-refractivity contribution in [2.75, 3.05) is 46.8 Å². The zero-order valence-corrected chi connectivity index (χ0v) is 14.1. The van der Waals surface area contributed by atoms with E-state index in [1.54, 1.807) is 7.11 Å². The number of esters is 1. The Hall–Kier alpha value is -1.30. The molecular weight excluding hydrogens is 329 g/mol. The predicted octanol–water partition coefficient (Wildman–Crippen LogP) is 2.58. The quantitative estimate of drug-likeness (QED) is 0.289. The van der Waals surface area contributed by atoms with Gasteiger partial charge in [0.1, 0.15) is 6.61 Å². The third kappa shape index (κ3) is 9.75. The van der Waals surface area contributed by atoms with E-state index < -0.39 is 12.1 Å². The number of rotatable bonds is 13. The van der Waals surface area contributed by atoms with Crippen LogP contribution in [0, 0.1) is 17.8 Å². The third-order valence-corrected chi connectivity index (χ3v) is 3.35. The minimum Gasteiger partial charge on any atom is -0.459 e.